The molecule has 0 aromatic heterocycles. The second-order valence-electron chi connectivity index (χ2n) is 9.74. The Labute approximate surface area is 157 Å². The average molecular weight is 372 g/mol. The Morgan fingerprint density at radius 2 is 2.04 bits per heavy atom. The number of aryl methyl sites for hydroxylation is 1. The van der Waals surface area contributed by atoms with Crippen LogP contribution < -0.4 is 4.74 Å². The van der Waals surface area contributed by atoms with Gasteiger partial charge in [0, 0.05) is 18.0 Å². The zero-order chi connectivity index (χ0) is 18.5. The lowest BCUT2D eigenvalue weighted by Gasteiger charge is -2.65. The first kappa shape index (κ1) is 17.0. The molecule has 1 saturated carbocycles. The monoisotopic (exact) mass is 371 g/mol. The number of piperidine rings is 1. The van der Waals surface area contributed by atoms with Crippen molar-refractivity contribution in [3.05, 3.63) is 28.8 Å². The first-order valence-electron chi connectivity index (χ1n) is 9.92. The standard InChI is InChI=1S/C21H29NO3Si/c1-13-6-7-14-12-16-21(25-26(3,4)5)9-8-15(23)19-20(21,10-11-22(16)2)17(14)18(13)24-19/h6-7,16,19H,8-12H2,1-5H3/t16-,19+,20+,21-/m1/s1. The normalized spacial score (nSPS) is 38.1. The summed E-state index contributed by atoms with van der Waals surface area (Å²) >= 11 is 0. The van der Waals surface area contributed by atoms with E-state index in [9.17, 15) is 4.79 Å². The Kier molecular flexibility index (Phi) is 3.26. The Balaban J connectivity index is 1.84. The number of ketones is 1. The molecule has 1 aromatic carbocycles. The summed E-state index contributed by atoms with van der Waals surface area (Å²) in [7, 11) is 0.411. The summed E-state index contributed by atoms with van der Waals surface area (Å²) in [6, 6.07) is 4.75. The number of nitrogens with zero attached hydrogens (tertiary/aromatic N) is 1. The molecule has 26 heavy (non-hydrogen) atoms. The van der Waals surface area contributed by atoms with Gasteiger partial charge in [-0.15, -0.1) is 0 Å². The van der Waals surface area contributed by atoms with Crippen molar-refractivity contribution in [1.82, 2.24) is 4.90 Å². The average Bonchev–Trinajstić information content (AvgIpc) is 2.91. The Bertz CT molecular complexity index is 816. The van der Waals surface area contributed by atoms with Crippen LogP contribution in [0, 0.1) is 6.92 Å². The maximum Gasteiger partial charge on any atom is 0.184 e. The van der Waals surface area contributed by atoms with Crippen LogP contribution in [-0.2, 0) is 21.1 Å². The number of likely N-dealkylation sites (N-methyl/N-ethyl adjacent to an activating group) is 1. The van der Waals surface area contributed by atoms with E-state index in [1.165, 1.54) is 11.1 Å². The molecule has 0 radical (unpaired) electrons. The first-order chi connectivity index (χ1) is 12.2. The number of Topliss-reactive ketones (excluding diaryl/α,β-unsaturated/α-hetero) is 1. The highest BCUT2D eigenvalue weighted by Gasteiger charge is 2.74. The van der Waals surface area contributed by atoms with E-state index in [1.54, 1.807) is 0 Å². The molecule has 4 aliphatic rings. The third kappa shape index (κ3) is 1.84. The summed E-state index contributed by atoms with van der Waals surface area (Å²) in [5.74, 6) is 1.25. The van der Waals surface area contributed by atoms with Gasteiger partial charge >= 0.3 is 0 Å². The van der Waals surface area contributed by atoms with Crippen molar-refractivity contribution >= 4 is 14.1 Å². The fourth-order valence-corrected chi connectivity index (χ4v) is 7.92. The van der Waals surface area contributed by atoms with Crippen molar-refractivity contribution in [3.8, 4) is 5.75 Å². The van der Waals surface area contributed by atoms with E-state index < -0.39 is 8.32 Å². The smallest absolute Gasteiger partial charge is 0.184 e. The molecule has 1 spiro atoms. The molecular formula is C21H29NO3Si. The van der Waals surface area contributed by atoms with Crippen molar-refractivity contribution in [3.63, 3.8) is 0 Å². The van der Waals surface area contributed by atoms with Crippen LogP contribution in [0.25, 0.3) is 0 Å². The van der Waals surface area contributed by atoms with Crippen molar-refractivity contribution < 1.29 is 14.0 Å². The lowest BCUT2D eigenvalue weighted by Crippen LogP contribution is -2.78. The van der Waals surface area contributed by atoms with Crippen LogP contribution in [0.4, 0.5) is 0 Å². The molecule has 2 heterocycles. The molecule has 0 N–H and O–H groups in total. The van der Waals surface area contributed by atoms with Crippen molar-refractivity contribution in [1.29, 1.82) is 0 Å². The van der Waals surface area contributed by atoms with Crippen LogP contribution in [0.15, 0.2) is 12.1 Å². The van der Waals surface area contributed by atoms with Gasteiger partial charge in [-0.2, -0.15) is 0 Å². The van der Waals surface area contributed by atoms with Gasteiger partial charge in [0.1, 0.15) is 5.75 Å². The second-order valence-corrected chi connectivity index (χ2v) is 14.2. The topological polar surface area (TPSA) is 38.8 Å². The van der Waals surface area contributed by atoms with Crippen LogP contribution in [0.1, 0.15) is 36.0 Å². The number of hydrogen-bond acceptors (Lipinski definition) is 4. The predicted molar refractivity (Wildman–Crippen MR) is 103 cm³/mol. The highest BCUT2D eigenvalue weighted by atomic mass is 28.4. The molecular weight excluding hydrogens is 342 g/mol. The number of likely N-dealkylation sites (tertiary alicyclic amines) is 1. The maximum absolute atomic E-state index is 13.0. The minimum atomic E-state index is -1.82. The zero-order valence-electron chi connectivity index (χ0n) is 16.5. The highest BCUT2D eigenvalue weighted by Crippen LogP contribution is 2.65. The molecule has 0 unspecified atom stereocenters. The Hall–Kier alpha value is -1.17. The molecule has 140 valence electrons. The third-order valence-electron chi connectivity index (χ3n) is 7.19. The molecule has 5 heteroatoms. The Morgan fingerprint density at radius 3 is 2.77 bits per heavy atom. The molecule has 1 saturated heterocycles. The zero-order valence-corrected chi connectivity index (χ0v) is 17.5. The molecule has 2 aliphatic heterocycles. The molecule has 2 fully saturated rings. The lowest BCUT2D eigenvalue weighted by atomic mass is 9.49. The largest absolute Gasteiger partial charge is 0.481 e. The predicted octanol–water partition coefficient (Wildman–Crippen LogP) is 3.21. The van der Waals surface area contributed by atoms with Gasteiger partial charge in [0.25, 0.3) is 0 Å². The van der Waals surface area contributed by atoms with Crippen LogP contribution in [-0.4, -0.2) is 50.3 Å². The van der Waals surface area contributed by atoms with E-state index >= 15 is 0 Å². The molecule has 2 aliphatic carbocycles. The van der Waals surface area contributed by atoms with Gasteiger partial charge in [-0.05, 0) is 70.5 Å². The fourth-order valence-electron chi connectivity index (χ4n) is 6.41. The van der Waals surface area contributed by atoms with Gasteiger partial charge in [0.05, 0.1) is 11.0 Å². The summed E-state index contributed by atoms with van der Waals surface area (Å²) < 4.78 is 13.6. The highest BCUT2D eigenvalue weighted by molar-refractivity contribution is 6.69. The van der Waals surface area contributed by atoms with Crippen molar-refractivity contribution in [2.45, 2.75) is 75.4 Å². The van der Waals surface area contributed by atoms with Gasteiger partial charge in [-0.1, -0.05) is 12.1 Å². The number of hydrogen-bond donors (Lipinski definition) is 0. The molecule has 4 nitrogen and oxygen atoms in total. The minimum Gasteiger partial charge on any atom is -0.481 e. The Morgan fingerprint density at radius 1 is 1.27 bits per heavy atom. The van der Waals surface area contributed by atoms with Gasteiger partial charge in [-0.25, -0.2) is 0 Å². The van der Waals surface area contributed by atoms with Gasteiger partial charge < -0.3 is 14.1 Å². The number of carbonyl (C=O) groups is 1. The van der Waals surface area contributed by atoms with Crippen LogP contribution in [0.5, 0.6) is 5.75 Å². The molecule has 5 rings (SSSR count). The third-order valence-corrected chi connectivity index (χ3v) is 8.17. The summed E-state index contributed by atoms with van der Waals surface area (Å²) in [6.07, 6.45) is 2.99. The molecule has 1 aromatic rings. The number of carbonyl (C=O) groups excluding carboxylic acids is 1. The SMILES string of the molecule is Cc1ccc2c3c1O[C@H]1C(=O)CC[C@@]4(O[Si](C)(C)C)[C@@H](C2)N(C)CC[C@]314. The molecule has 2 bridgehead atoms. The number of ether oxygens (including phenoxy) is 1. The first-order valence-corrected chi connectivity index (χ1v) is 13.3. The van der Waals surface area contributed by atoms with Gasteiger partial charge in [0.2, 0.25) is 0 Å². The van der Waals surface area contributed by atoms with E-state index in [4.69, 9.17) is 9.16 Å². The van der Waals surface area contributed by atoms with Gasteiger partial charge in [0.15, 0.2) is 20.2 Å². The number of rotatable bonds is 2. The van der Waals surface area contributed by atoms with Crippen molar-refractivity contribution in [2.24, 2.45) is 0 Å². The van der Waals surface area contributed by atoms with E-state index in [0.717, 1.165) is 37.1 Å². The van der Waals surface area contributed by atoms with E-state index in [-0.39, 0.29) is 22.9 Å². The lowest BCUT2D eigenvalue weighted by molar-refractivity contribution is -0.177. The van der Waals surface area contributed by atoms with Crippen molar-refractivity contribution in [2.75, 3.05) is 13.6 Å². The van der Waals surface area contributed by atoms with E-state index in [2.05, 4.69) is 50.6 Å². The van der Waals surface area contributed by atoms with Crippen LogP contribution in [0.2, 0.25) is 19.6 Å². The fraction of sp³-hybridized carbons (Fsp3) is 0.667. The summed E-state index contributed by atoms with van der Waals surface area (Å²) in [4.78, 5) is 15.5. The van der Waals surface area contributed by atoms with E-state index in [0.29, 0.717) is 12.5 Å². The maximum atomic E-state index is 13.0. The van der Waals surface area contributed by atoms with Crippen LogP contribution in [0.3, 0.4) is 0 Å². The summed E-state index contributed by atoms with van der Waals surface area (Å²) in [5.41, 5.74) is 3.25. The molecule has 0 amide bonds. The quantitative estimate of drug-likeness (QED) is 0.749. The van der Waals surface area contributed by atoms with Gasteiger partial charge in [-0.3, -0.25) is 4.79 Å². The van der Waals surface area contributed by atoms with E-state index in [1.807, 2.05) is 0 Å². The second kappa shape index (κ2) is 5.00. The number of benzene rings is 1. The minimum absolute atomic E-state index is 0.270. The molecule has 4 atom stereocenters. The summed E-state index contributed by atoms with van der Waals surface area (Å²) in [6.45, 7) is 9.95. The van der Waals surface area contributed by atoms with Crippen LogP contribution >= 0.6 is 0 Å². The summed E-state index contributed by atoms with van der Waals surface area (Å²) in [5, 5.41) is 0.